The Labute approximate surface area is 81.7 Å². The highest BCUT2D eigenvalue weighted by molar-refractivity contribution is 7.84. The van der Waals surface area contributed by atoms with Gasteiger partial charge in [-0.05, 0) is 13.3 Å². The van der Waals surface area contributed by atoms with E-state index in [2.05, 4.69) is 22.5 Å². The van der Waals surface area contributed by atoms with Gasteiger partial charge in [0.05, 0.1) is 6.54 Å². The van der Waals surface area contributed by atoms with E-state index in [0.717, 1.165) is 31.2 Å². The molecule has 76 valence electrons. The lowest BCUT2D eigenvalue weighted by Gasteiger charge is -2.13. The minimum atomic E-state index is -0.690. The SMILES string of the molecule is CC(CCS(C)=O)NC1=NCCN1. The van der Waals surface area contributed by atoms with Crippen LogP contribution in [0.15, 0.2) is 4.99 Å². The van der Waals surface area contributed by atoms with Gasteiger partial charge in [0.1, 0.15) is 0 Å². The Morgan fingerprint density at radius 2 is 2.54 bits per heavy atom. The fourth-order valence-electron chi connectivity index (χ4n) is 1.14. The number of nitrogens with zero attached hydrogens (tertiary/aromatic N) is 1. The van der Waals surface area contributed by atoms with Crippen LogP contribution in [-0.4, -0.2) is 41.3 Å². The van der Waals surface area contributed by atoms with E-state index in [1.54, 1.807) is 6.26 Å². The van der Waals surface area contributed by atoms with E-state index in [-0.39, 0.29) is 0 Å². The van der Waals surface area contributed by atoms with Gasteiger partial charge in [0.15, 0.2) is 5.96 Å². The van der Waals surface area contributed by atoms with Crippen molar-refractivity contribution in [2.75, 3.05) is 25.1 Å². The third kappa shape index (κ3) is 4.26. The molecule has 4 nitrogen and oxygen atoms in total. The standard InChI is InChI=1S/C8H17N3OS/c1-7(3-6-13(2)12)11-8-9-4-5-10-8/h7H,3-6H2,1-2H3,(H2,9,10,11). The normalized spacial score (nSPS) is 20.3. The van der Waals surface area contributed by atoms with E-state index in [1.807, 2.05) is 0 Å². The quantitative estimate of drug-likeness (QED) is 0.659. The zero-order valence-electron chi connectivity index (χ0n) is 8.17. The zero-order valence-corrected chi connectivity index (χ0v) is 8.99. The molecule has 5 heteroatoms. The molecule has 2 N–H and O–H groups in total. The van der Waals surface area contributed by atoms with Gasteiger partial charge in [-0.3, -0.25) is 9.20 Å². The summed E-state index contributed by atoms with van der Waals surface area (Å²) in [5, 5.41) is 6.38. The summed E-state index contributed by atoms with van der Waals surface area (Å²) in [5.41, 5.74) is 0. The van der Waals surface area contributed by atoms with Crippen LogP contribution >= 0.6 is 0 Å². The molecule has 2 atom stereocenters. The molecule has 1 heterocycles. The van der Waals surface area contributed by atoms with Crippen molar-refractivity contribution in [3.63, 3.8) is 0 Å². The Balaban J connectivity index is 2.16. The van der Waals surface area contributed by atoms with Gasteiger partial charge in [0.2, 0.25) is 0 Å². The Kier molecular flexibility index (Phi) is 4.21. The second-order valence-electron chi connectivity index (χ2n) is 3.27. The van der Waals surface area contributed by atoms with Gasteiger partial charge in [-0.15, -0.1) is 0 Å². The second-order valence-corrected chi connectivity index (χ2v) is 4.82. The predicted molar refractivity (Wildman–Crippen MR) is 56.5 cm³/mol. The van der Waals surface area contributed by atoms with Gasteiger partial charge in [-0.1, -0.05) is 0 Å². The van der Waals surface area contributed by atoms with Crippen LogP contribution in [0.5, 0.6) is 0 Å². The first kappa shape index (κ1) is 10.5. The highest BCUT2D eigenvalue weighted by atomic mass is 32.2. The Hall–Kier alpha value is -0.580. The van der Waals surface area contributed by atoms with Crippen molar-refractivity contribution < 1.29 is 4.21 Å². The van der Waals surface area contributed by atoms with E-state index in [9.17, 15) is 4.21 Å². The molecule has 0 radical (unpaired) electrons. The highest BCUT2D eigenvalue weighted by Gasteiger charge is 2.08. The summed E-state index contributed by atoms with van der Waals surface area (Å²) in [6.45, 7) is 3.86. The van der Waals surface area contributed by atoms with E-state index in [1.165, 1.54) is 0 Å². The highest BCUT2D eigenvalue weighted by Crippen LogP contribution is 1.93. The van der Waals surface area contributed by atoms with Crippen molar-refractivity contribution >= 4 is 16.8 Å². The van der Waals surface area contributed by atoms with Crippen LogP contribution in [0, 0.1) is 0 Å². The van der Waals surface area contributed by atoms with E-state index in [4.69, 9.17) is 0 Å². The van der Waals surface area contributed by atoms with Crippen molar-refractivity contribution in [1.82, 2.24) is 10.6 Å². The summed E-state index contributed by atoms with van der Waals surface area (Å²) in [5.74, 6) is 1.64. The summed E-state index contributed by atoms with van der Waals surface area (Å²) in [7, 11) is -0.690. The molecule has 2 unspecified atom stereocenters. The molecule has 1 aliphatic rings. The second kappa shape index (κ2) is 5.21. The topological polar surface area (TPSA) is 53.5 Å². The minimum absolute atomic E-state index is 0.341. The van der Waals surface area contributed by atoms with Crippen molar-refractivity contribution in [3.8, 4) is 0 Å². The molecule has 1 aliphatic heterocycles. The van der Waals surface area contributed by atoms with Crippen LogP contribution in [-0.2, 0) is 10.8 Å². The summed E-state index contributed by atoms with van der Waals surface area (Å²) < 4.78 is 10.8. The minimum Gasteiger partial charge on any atom is -0.355 e. The number of guanidine groups is 1. The average molecular weight is 203 g/mol. The summed E-state index contributed by atoms with van der Waals surface area (Å²) in [6.07, 6.45) is 2.65. The molecular weight excluding hydrogens is 186 g/mol. The van der Waals surface area contributed by atoms with Crippen LogP contribution in [0.4, 0.5) is 0 Å². The van der Waals surface area contributed by atoms with Crippen molar-refractivity contribution in [3.05, 3.63) is 0 Å². The number of hydrogen-bond donors (Lipinski definition) is 2. The molecule has 0 spiro atoms. The fourth-order valence-corrected chi connectivity index (χ4v) is 1.83. The van der Waals surface area contributed by atoms with Crippen molar-refractivity contribution in [1.29, 1.82) is 0 Å². The summed E-state index contributed by atoms with van der Waals surface area (Å²) in [6, 6.07) is 0.341. The monoisotopic (exact) mass is 203 g/mol. The molecule has 0 saturated carbocycles. The van der Waals surface area contributed by atoms with E-state index in [0.29, 0.717) is 6.04 Å². The van der Waals surface area contributed by atoms with Gasteiger partial charge in [0.25, 0.3) is 0 Å². The predicted octanol–water partition coefficient (Wildman–Crippen LogP) is -0.308. The first-order valence-electron chi connectivity index (χ1n) is 4.53. The zero-order chi connectivity index (χ0) is 9.68. The first-order valence-corrected chi connectivity index (χ1v) is 6.26. The Bertz CT molecular complexity index is 217. The maximum atomic E-state index is 10.8. The van der Waals surface area contributed by atoms with Crippen LogP contribution in [0.25, 0.3) is 0 Å². The first-order chi connectivity index (χ1) is 6.18. The number of hydrogen-bond acceptors (Lipinski definition) is 4. The molecule has 0 fully saturated rings. The molecular formula is C8H17N3OS. The lowest BCUT2D eigenvalue weighted by Crippen LogP contribution is -2.40. The van der Waals surface area contributed by atoms with E-state index < -0.39 is 10.8 Å². The molecule has 0 aliphatic carbocycles. The number of rotatable bonds is 4. The maximum absolute atomic E-state index is 10.8. The van der Waals surface area contributed by atoms with Crippen LogP contribution in [0.3, 0.4) is 0 Å². The number of nitrogens with one attached hydrogen (secondary N) is 2. The molecule has 1 rings (SSSR count). The van der Waals surface area contributed by atoms with Crippen LogP contribution < -0.4 is 10.6 Å². The van der Waals surface area contributed by atoms with Crippen LogP contribution in [0.1, 0.15) is 13.3 Å². The smallest absolute Gasteiger partial charge is 0.191 e. The van der Waals surface area contributed by atoms with Crippen molar-refractivity contribution in [2.24, 2.45) is 4.99 Å². The van der Waals surface area contributed by atoms with Gasteiger partial charge in [-0.25, -0.2) is 0 Å². The van der Waals surface area contributed by atoms with Crippen molar-refractivity contribution in [2.45, 2.75) is 19.4 Å². The van der Waals surface area contributed by atoms with Gasteiger partial charge >= 0.3 is 0 Å². The molecule has 0 aromatic rings. The molecule has 0 amide bonds. The fraction of sp³-hybridized carbons (Fsp3) is 0.875. The summed E-state index contributed by atoms with van der Waals surface area (Å²) >= 11 is 0. The molecule has 13 heavy (non-hydrogen) atoms. The lowest BCUT2D eigenvalue weighted by atomic mass is 10.3. The summed E-state index contributed by atoms with van der Waals surface area (Å²) in [4.78, 5) is 4.22. The Morgan fingerprint density at radius 1 is 1.77 bits per heavy atom. The lowest BCUT2D eigenvalue weighted by molar-refractivity contribution is 0.627. The number of aliphatic imine (C=N–C) groups is 1. The Morgan fingerprint density at radius 3 is 3.08 bits per heavy atom. The van der Waals surface area contributed by atoms with E-state index >= 15 is 0 Å². The molecule has 0 saturated heterocycles. The average Bonchev–Trinajstić information content (AvgIpc) is 2.53. The van der Waals surface area contributed by atoms with Crippen LogP contribution in [0.2, 0.25) is 0 Å². The molecule has 0 aromatic carbocycles. The maximum Gasteiger partial charge on any atom is 0.191 e. The van der Waals surface area contributed by atoms with Gasteiger partial charge in [0, 0.05) is 35.4 Å². The third-order valence-electron chi connectivity index (χ3n) is 1.90. The largest absolute Gasteiger partial charge is 0.355 e. The van der Waals surface area contributed by atoms with Gasteiger partial charge < -0.3 is 10.6 Å². The van der Waals surface area contributed by atoms with Gasteiger partial charge in [-0.2, -0.15) is 0 Å². The third-order valence-corrected chi connectivity index (χ3v) is 2.71. The molecule has 0 aromatic heterocycles. The molecule has 0 bridgehead atoms.